The summed E-state index contributed by atoms with van der Waals surface area (Å²) in [6.07, 6.45) is 0. The highest BCUT2D eigenvalue weighted by Crippen LogP contribution is 2.11. The van der Waals surface area contributed by atoms with E-state index in [4.69, 9.17) is 4.74 Å². The normalized spacial score (nSPS) is 22.8. The quantitative estimate of drug-likeness (QED) is 0.770. The molecule has 1 aliphatic rings. The fourth-order valence-corrected chi connectivity index (χ4v) is 2.87. The minimum Gasteiger partial charge on any atom is -0.383 e. The lowest BCUT2D eigenvalue weighted by Gasteiger charge is -2.32. The van der Waals surface area contributed by atoms with E-state index in [9.17, 15) is 4.79 Å². The smallest absolute Gasteiger partial charge is 0.240 e. The van der Waals surface area contributed by atoms with Crippen LogP contribution in [0, 0.1) is 0 Å². The summed E-state index contributed by atoms with van der Waals surface area (Å²) in [4.78, 5) is 14.1. The zero-order valence-electron chi connectivity index (χ0n) is 10.4. The number of hydrogen-bond acceptors (Lipinski definition) is 4. The van der Waals surface area contributed by atoms with E-state index in [0.29, 0.717) is 6.61 Å². The predicted octanol–water partition coefficient (Wildman–Crippen LogP) is 0.575. The zero-order chi connectivity index (χ0) is 12.0. The Hall–Kier alpha value is -0.260. The van der Waals surface area contributed by atoms with Crippen LogP contribution < -0.4 is 5.32 Å². The van der Waals surface area contributed by atoms with Crippen LogP contribution >= 0.6 is 11.8 Å². The first-order chi connectivity index (χ1) is 7.70. The number of nitrogens with one attached hydrogen (secondary N) is 1. The predicted molar refractivity (Wildman–Crippen MR) is 67.8 cm³/mol. The van der Waals surface area contributed by atoms with Crippen LogP contribution in [0.5, 0.6) is 0 Å². The van der Waals surface area contributed by atoms with Crippen molar-refractivity contribution in [2.75, 3.05) is 38.3 Å². The fourth-order valence-electron chi connectivity index (χ4n) is 1.94. The molecule has 0 saturated carbocycles. The number of amides is 1. The van der Waals surface area contributed by atoms with E-state index in [1.54, 1.807) is 7.11 Å². The van der Waals surface area contributed by atoms with Crippen LogP contribution in [0.2, 0.25) is 0 Å². The van der Waals surface area contributed by atoms with Gasteiger partial charge in [-0.25, -0.2) is 0 Å². The maximum atomic E-state index is 12.2. The molecular formula is C11H22N2O2S. The van der Waals surface area contributed by atoms with Gasteiger partial charge in [-0.2, -0.15) is 11.8 Å². The maximum Gasteiger partial charge on any atom is 0.240 e. The first-order valence-electron chi connectivity index (χ1n) is 5.81. The van der Waals surface area contributed by atoms with Crippen LogP contribution in [0.4, 0.5) is 0 Å². The van der Waals surface area contributed by atoms with Gasteiger partial charge in [-0.1, -0.05) is 0 Å². The van der Waals surface area contributed by atoms with Gasteiger partial charge in [0.05, 0.1) is 18.7 Å². The van der Waals surface area contributed by atoms with Crippen LogP contribution in [-0.4, -0.2) is 61.2 Å². The molecular weight excluding hydrogens is 224 g/mol. The topological polar surface area (TPSA) is 41.6 Å². The van der Waals surface area contributed by atoms with Crippen molar-refractivity contribution < 1.29 is 9.53 Å². The third-order valence-corrected chi connectivity index (χ3v) is 3.85. The van der Waals surface area contributed by atoms with E-state index in [1.807, 2.05) is 30.5 Å². The molecule has 2 atom stereocenters. The number of methoxy groups -OCH3 is 1. The van der Waals surface area contributed by atoms with Gasteiger partial charge in [0.1, 0.15) is 0 Å². The molecule has 16 heavy (non-hydrogen) atoms. The molecule has 1 heterocycles. The van der Waals surface area contributed by atoms with Crippen molar-refractivity contribution in [3.63, 3.8) is 0 Å². The summed E-state index contributed by atoms with van der Waals surface area (Å²) in [5.74, 6) is 2.19. The van der Waals surface area contributed by atoms with Gasteiger partial charge in [-0.3, -0.25) is 4.79 Å². The largest absolute Gasteiger partial charge is 0.383 e. The summed E-state index contributed by atoms with van der Waals surface area (Å²) >= 11 is 1.84. The number of thioether (sulfide) groups is 1. The molecule has 0 aromatic carbocycles. The van der Waals surface area contributed by atoms with E-state index in [2.05, 4.69) is 5.32 Å². The molecule has 1 amide bonds. The van der Waals surface area contributed by atoms with Crippen molar-refractivity contribution in [1.29, 1.82) is 0 Å². The summed E-state index contributed by atoms with van der Waals surface area (Å²) in [6, 6.07) is 0.134. The highest BCUT2D eigenvalue weighted by molar-refractivity contribution is 7.99. The van der Waals surface area contributed by atoms with Crippen LogP contribution in [-0.2, 0) is 9.53 Å². The number of ether oxygens (including phenoxy) is 1. The standard InChI is InChI=1S/C11H22N2O2S/c1-4-13(9(2)7-15-3)11(14)10-8-16-6-5-12-10/h9-10,12H,4-8H2,1-3H3. The summed E-state index contributed by atoms with van der Waals surface area (Å²) in [5.41, 5.74) is 0. The molecule has 1 rings (SSSR count). The minimum absolute atomic E-state index is 0.0157. The average Bonchev–Trinajstić information content (AvgIpc) is 2.31. The first-order valence-corrected chi connectivity index (χ1v) is 6.96. The van der Waals surface area contributed by atoms with Crippen molar-refractivity contribution >= 4 is 17.7 Å². The van der Waals surface area contributed by atoms with Crippen molar-refractivity contribution in [3.05, 3.63) is 0 Å². The van der Waals surface area contributed by atoms with Crippen LogP contribution in [0.1, 0.15) is 13.8 Å². The molecule has 5 heteroatoms. The van der Waals surface area contributed by atoms with Gasteiger partial charge in [0.15, 0.2) is 0 Å². The van der Waals surface area contributed by atoms with Crippen molar-refractivity contribution in [2.24, 2.45) is 0 Å². The Balaban J connectivity index is 2.53. The van der Waals surface area contributed by atoms with Crippen LogP contribution in [0.15, 0.2) is 0 Å². The first kappa shape index (κ1) is 13.8. The SMILES string of the molecule is CCN(C(=O)C1CSCCN1)C(C)COC. The van der Waals surface area contributed by atoms with E-state index in [1.165, 1.54) is 0 Å². The molecule has 1 N–H and O–H groups in total. The van der Waals surface area contributed by atoms with Gasteiger partial charge in [0.2, 0.25) is 5.91 Å². The Bertz CT molecular complexity index is 220. The fraction of sp³-hybridized carbons (Fsp3) is 0.909. The third-order valence-electron chi connectivity index (χ3n) is 2.78. The number of hydrogen-bond donors (Lipinski definition) is 1. The van der Waals surface area contributed by atoms with Gasteiger partial charge in [-0.15, -0.1) is 0 Å². The second-order valence-corrected chi connectivity index (χ2v) is 5.16. The maximum absolute atomic E-state index is 12.2. The zero-order valence-corrected chi connectivity index (χ0v) is 11.2. The van der Waals surface area contributed by atoms with Gasteiger partial charge in [-0.05, 0) is 13.8 Å². The number of carbonyl (C=O) groups excluding carboxylic acids is 1. The molecule has 0 spiro atoms. The molecule has 1 saturated heterocycles. The number of carbonyl (C=O) groups is 1. The van der Waals surface area contributed by atoms with Crippen LogP contribution in [0.3, 0.4) is 0 Å². The monoisotopic (exact) mass is 246 g/mol. The highest BCUT2D eigenvalue weighted by Gasteiger charge is 2.27. The van der Waals surface area contributed by atoms with E-state index >= 15 is 0 Å². The molecule has 0 aliphatic carbocycles. The second kappa shape index (κ2) is 7.14. The summed E-state index contributed by atoms with van der Waals surface area (Å²) in [6.45, 7) is 6.31. The molecule has 4 nitrogen and oxygen atoms in total. The molecule has 94 valence electrons. The second-order valence-electron chi connectivity index (χ2n) is 4.01. The van der Waals surface area contributed by atoms with E-state index in [-0.39, 0.29) is 18.0 Å². The van der Waals surface area contributed by atoms with Crippen molar-refractivity contribution in [2.45, 2.75) is 25.9 Å². The van der Waals surface area contributed by atoms with Gasteiger partial charge in [0, 0.05) is 31.7 Å². The van der Waals surface area contributed by atoms with Gasteiger partial charge in [0.25, 0.3) is 0 Å². The highest BCUT2D eigenvalue weighted by atomic mass is 32.2. The van der Waals surface area contributed by atoms with Crippen molar-refractivity contribution in [3.8, 4) is 0 Å². The summed E-state index contributed by atoms with van der Waals surface area (Å²) in [7, 11) is 1.67. The van der Waals surface area contributed by atoms with E-state index < -0.39 is 0 Å². The number of rotatable bonds is 5. The lowest BCUT2D eigenvalue weighted by molar-refractivity contribution is -0.135. The summed E-state index contributed by atoms with van der Waals surface area (Å²) < 4.78 is 5.10. The van der Waals surface area contributed by atoms with Crippen molar-refractivity contribution in [1.82, 2.24) is 10.2 Å². The molecule has 0 bridgehead atoms. The Morgan fingerprint density at radius 1 is 1.69 bits per heavy atom. The lowest BCUT2D eigenvalue weighted by Crippen LogP contribution is -2.53. The lowest BCUT2D eigenvalue weighted by atomic mass is 10.2. The molecule has 2 unspecified atom stereocenters. The number of nitrogens with zero attached hydrogens (tertiary/aromatic N) is 1. The van der Waals surface area contributed by atoms with Gasteiger partial charge < -0.3 is 15.0 Å². The van der Waals surface area contributed by atoms with E-state index in [0.717, 1.165) is 24.6 Å². The molecule has 0 radical (unpaired) electrons. The summed E-state index contributed by atoms with van der Waals surface area (Å²) in [5, 5.41) is 3.28. The van der Waals surface area contributed by atoms with Gasteiger partial charge >= 0.3 is 0 Å². The molecule has 1 fully saturated rings. The Labute approximate surface area is 102 Å². The Morgan fingerprint density at radius 3 is 2.94 bits per heavy atom. The number of likely N-dealkylation sites (N-methyl/N-ethyl adjacent to an activating group) is 1. The Kier molecular flexibility index (Phi) is 6.16. The minimum atomic E-state index is -0.0157. The van der Waals surface area contributed by atoms with Crippen LogP contribution in [0.25, 0.3) is 0 Å². The molecule has 0 aromatic heterocycles. The molecule has 0 aromatic rings. The Morgan fingerprint density at radius 2 is 2.44 bits per heavy atom. The third kappa shape index (κ3) is 3.64. The molecule has 1 aliphatic heterocycles. The average molecular weight is 246 g/mol.